The number of benzene rings is 1. The molecule has 0 amide bonds. The Hall–Kier alpha value is -0.860. The van der Waals surface area contributed by atoms with Gasteiger partial charge in [-0.1, -0.05) is 39.0 Å². The average Bonchev–Trinajstić information content (AvgIpc) is 2.15. The van der Waals surface area contributed by atoms with E-state index in [1.54, 1.807) is 0 Å². The highest BCUT2D eigenvalue weighted by Gasteiger charge is 2.24. The van der Waals surface area contributed by atoms with Crippen LogP contribution in [-0.4, -0.2) is 6.04 Å². The molecule has 1 unspecified atom stereocenters. The van der Waals surface area contributed by atoms with Crippen molar-refractivity contribution in [2.45, 2.75) is 47.1 Å². The highest BCUT2D eigenvalue weighted by Crippen LogP contribution is 2.24. The molecule has 0 fully saturated rings. The van der Waals surface area contributed by atoms with Crippen molar-refractivity contribution in [2.75, 3.05) is 0 Å². The molecule has 0 saturated carbocycles. The zero-order valence-electron chi connectivity index (χ0n) is 11.1. The maximum atomic E-state index is 5.66. The van der Waals surface area contributed by atoms with Gasteiger partial charge in [-0.3, -0.25) is 11.3 Å². The third-order valence-corrected chi connectivity index (χ3v) is 3.30. The molecule has 16 heavy (non-hydrogen) atoms. The molecule has 1 rings (SSSR count). The normalized spacial score (nSPS) is 13.9. The number of aryl methyl sites for hydroxylation is 2. The van der Waals surface area contributed by atoms with Crippen LogP contribution >= 0.6 is 0 Å². The van der Waals surface area contributed by atoms with Gasteiger partial charge in [0, 0.05) is 6.04 Å². The van der Waals surface area contributed by atoms with E-state index in [4.69, 9.17) is 5.84 Å². The molecule has 0 heterocycles. The quantitative estimate of drug-likeness (QED) is 0.607. The second kappa shape index (κ2) is 4.98. The molecule has 90 valence electrons. The summed E-state index contributed by atoms with van der Waals surface area (Å²) in [5.74, 6) is 5.66. The van der Waals surface area contributed by atoms with Crippen molar-refractivity contribution in [2.24, 2.45) is 11.3 Å². The topological polar surface area (TPSA) is 38.0 Å². The molecule has 3 N–H and O–H groups in total. The Morgan fingerprint density at radius 2 is 1.69 bits per heavy atom. The summed E-state index contributed by atoms with van der Waals surface area (Å²) in [6.07, 6.45) is 0.985. The molecular formula is C14H24N2. The van der Waals surface area contributed by atoms with Crippen LogP contribution < -0.4 is 11.3 Å². The van der Waals surface area contributed by atoms with Gasteiger partial charge < -0.3 is 0 Å². The van der Waals surface area contributed by atoms with E-state index in [0.717, 1.165) is 6.42 Å². The summed E-state index contributed by atoms with van der Waals surface area (Å²) in [6, 6.07) is 6.74. The highest BCUT2D eigenvalue weighted by atomic mass is 15.2. The van der Waals surface area contributed by atoms with Gasteiger partial charge in [0.1, 0.15) is 0 Å². The molecule has 1 atom stereocenters. The first-order chi connectivity index (χ1) is 7.36. The molecule has 2 heteroatoms. The fourth-order valence-electron chi connectivity index (χ4n) is 1.99. The van der Waals surface area contributed by atoms with Crippen LogP contribution in [0.25, 0.3) is 0 Å². The van der Waals surface area contributed by atoms with Crippen molar-refractivity contribution in [1.29, 1.82) is 0 Å². The molecule has 2 nitrogen and oxygen atoms in total. The van der Waals surface area contributed by atoms with Crippen molar-refractivity contribution < 1.29 is 0 Å². The zero-order chi connectivity index (χ0) is 12.3. The molecule has 0 spiro atoms. The first kappa shape index (κ1) is 13.2. The van der Waals surface area contributed by atoms with Crippen molar-refractivity contribution in [1.82, 2.24) is 5.43 Å². The van der Waals surface area contributed by atoms with Crippen LogP contribution in [0.5, 0.6) is 0 Å². The van der Waals surface area contributed by atoms with Crippen molar-refractivity contribution in [3.05, 3.63) is 34.9 Å². The van der Waals surface area contributed by atoms with Gasteiger partial charge in [-0.05, 0) is 42.4 Å². The first-order valence-electron chi connectivity index (χ1n) is 5.87. The summed E-state index contributed by atoms with van der Waals surface area (Å²) in [4.78, 5) is 0. The van der Waals surface area contributed by atoms with Crippen LogP contribution in [0.4, 0.5) is 0 Å². The Morgan fingerprint density at radius 3 is 2.06 bits per heavy atom. The van der Waals surface area contributed by atoms with E-state index >= 15 is 0 Å². The van der Waals surface area contributed by atoms with Crippen molar-refractivity contribution in [3.63, 3.8) is 0 Å². The van der Waals surface area contributed by atoms with Gasteiger partial charge in [-0.15, -0.1) is 0 Å². The van der Waals surface area contributed by atoms with E-state index in [-0.39, 0.29) is 5.41 Å². The number of hydrogen-bond donors (Lipinski definition) is 2. The van der Waals surface area contributed by atoms with Crippen molar-refractivity contribution >= 4 is 0 Å². The lowest BCUT2D eigenvalue weighted by Crippen LogP contribution is -2.46. The molecule has 0 aliphatic carbocycles. The van der Waals surface area contributed by atoms with Gasteiger partial charge in [0.2, 0.25) is 0 Å². The van der Waals surface area contributed by atoms with E-state index < -0.39 is 0 Å². The van der Waals surface area contributed by atoms with E-state index in [2.05, 4.69) is 58.2 Å². The fraction of sp³-hybridized carbons (Fsp3) is 0.571. The SMILES string of the molecule is Cc1cccc(C)c1CC(NN)C(C)(C)C. The molecule has 0 saturated heterocycles. The molecule has 0 aliphatic rings. The summed E-state index contributed by atoms with van der Waals surface area (Å²) in [7, 11) is 0. The molecule has 1 aromatic carbocycles. The summed E-state index contributed by atoms with van der Waals surface area (Å²) in [5.41, 5.74) is 7.23. The van der Waals surface area contributed by atoms with Crippen LogP contribution in [-0.2, 0) is 6.42 Å². The lowest BCUT2D eigenvalue weighted by Gasteiger charge is -2.31. The maximum Gasteiger partial charge on any atom is 0.0299 e. The summed E-state index contributed by atoms with van der Waals surface area (Å²) >= 11 is 0. The Kier molecular flexibility index (Phi) is 4.11. The van der Waals surface area contributed by atoms with Crippen LogP contribution in [0.3, 0.4) is 0 Å². The van der Waals surface area contributed by atoms with E-state index in [1.165, 1.54) is 16.7 Å². The van der Waals surface area contributed by atoms with Gasteiger partial charge in [0.15, 0.2) is 0 Å². The molecule has 0 aromatic heterocycles. The van der Waals surface area contributed by atoms with E-state index in [9.17, 15) is 0 Å². The average molecular weight is 220 g/mol. The minimum Gasteiger partial charge on any atom is -0.271 e. The predicted molar refractivity (Wildman–Crippen MR) is 70.2 cm³/mol. The number of hydrogen-bond acceptors (Lipinski definition) is 2. The fourth-order valence-corrected chi connectivity index (χ4v) is 1.99. The monoisotopic (exact) mass is 220 g/mol. The Morgan fingerprint density at radius 1 is 1.19 bits per heavy atom. The number of hydrazine groups is 1. The lowest BCUT2D eigenvalue weighted by atomic mass is 9.82. The van der Waals surface area contributed by atoms with Gasteiger partial charge in [0.25, 0.3) is 0 Å². The van der Waals surface area contributed by atoms with Gasteiger partial charge in [-0.2, -0.15) is 0 Å². The third kappa shape index (κ3) is 3.06. The Balaban J connectivity index is 2.95. The lowest BCUT2D eigenvalue weighted by molar-refractivity contribution is 0.268. The number of rotatable bonds is 3. The molecule has 0 radical (unpaired) electrons. The predicted octanol–water partition coefficient (Wildman–Crippen LogP) is 2.72. The standard InChI is InChI=1S/C14H24N2/c1-10-7-6-8-11(2)12(10)9-13(16-15)14(3,4)5/h6-8,13,16H,9,15H2,1-5H3. The second-order valence-corrected chi connectivity index (χ2v) is 5.66. The minimum absolute atomic E-state index is 0.170. The van der Waals surface area contributed by atoms with Crippen LogP contribution in [0.15, 0.2) is 18.2 Å². The largest absolute Gasteiger partial charge is 0.271 e. The number of nitrogens with two attached hydrogens (primary N) is 1. The van der Waals surface area contributed by atoms with E-state index in [1.807, 2.05) is 0 Å². The van der Waals surface area contributed by atoms with Gasteiger partial charge in [0.05, 0.1) is 0 Å². The van der Waals surface area contributed by atoms with Crippen LogP contribution in [0.2, 0.25) is 0 Å². The summed E-state index contributed by atoms with van der Waals surface area (Å²) < 4.78 is 0. The zero-order valence-corrected chi connectivity index (χ0v) is 11.1. The minimum atomic E-state index is 0.170. The van der Waals surface area contributed by atoms with Gasteiger partial charge >= 0.3 is 0 Å². The molecular weight excluding hydrogens is 196 g/mol. The van der Waals surface area contributed by atoms with Crippen molar-refractivity contribution in [3.8, 4) is 0 Å². The van der Waals surface area contributed by atoms with Crippen LogP contribution in [0, 0.1) is 19.3 Å². The Bertz CT molecular complexity index is 330. The third-order valence-electron chi connectivity index (χ3n) is 3.30. The smallest absolute Gasteiger partial charge is 0.0299 e. The molecule has 0 aliphatic heterocycles. The van der Waals surface area contributed by atoms with Gasteiger partial charge in [-0.25, -0.2) is 0 Å². The van der Waals surface area contributed by atoms with Crippen LogP contribution in [0.1, 0.15) is 37.5 Å². The molecule has 0 bridgehead atoms. The summed E-state index contributed by atoms with van der Waals surface area (Å²) in [5, 5.41) is 0. The second-order valence-electron chi connectivity index (χ2n) is 5.66. The number of nitrogens with one attached hydrogen (secondary N) is 1. The summed E-state index contributed by atoms with van der Waals surface area (Å²) in [6.45, 7) is 11.0. The van der Waals surface area contributed by atoms with E-state index in [0.29, 0.717) is 6.04 Å². The highest BCUT2D eigenvalue weighted by molar-refractivity contribution is 5.34. The Labute approximate surface area is 99.2 Å². The molecule has 1 aromatic rings. The maximum absolute atomic E-state index is 5.66. The first-order valence-corrected chi connectivity index (χ1v) is 5.87.